The minimum atomic E-state index is -0.439. The maximum atomic E-state index is 11.8. The first-order valence-corrected chi connectivity index (χ1v) is 18.9. The lowest BCUT2D eigenvalue weighted by molar-refractivity contribution is -0.0101. The molecule has 0 unspecified atom stereocenters. The van der Waals surface area contributed by atoms with Crippen molar-refractivity contribution < 1.29 is 33.6 Å². The van der Waals surface area contributed by atoms with Crippen molar-refractivity contribution in [2.75, 3.05) is 59.1 Å². The van der Waals surface area contributed by atoms with Gasteiger partial charge in [0.05, 0.1) is 13.2 Å². The summed E-state index contributed by atoms with van der Waals surface area (Å²) in [7, 11) is 0. The minimum absolute atomic E-state index is 0.152. The Hall–Kier alpha value is -2.54. The van der Waals surface area contributed by atoms with E-state index >= 15 is 0 Å². The van der Waals surface area contributed by atoms with Gasteiger partial charge in [-0.05, 0) is 116 Å². The van der Waals surface area contributed by atoms with Crippen LogP contribution >= 0.6 is 31.9 Å². The van der Waals surface area contributed by atoms with Gasteiger partial charge in [-0.15, -0.1) is 0 Å². The fourth-order valence-electron chi connectivity index (χ4n) is 5.19. The summed E-state index contributed by atoms with van der Waals surface area (Å²) in [6.07, 6.45) is -0.517. The second kappa shape index (κ2) is 18.3. The third kappa shape index (κ3) is 13.5. The fraction of sp³-hybridized carbons (Fsp3) is 0.632. The number of amides is 2. The summed E-state index contributed by atoms with van der Waals surface area (Å²) < 4.78 is 24.4. The van der Waals surface area contributed by atoms with Gasteiger partial charge in [-0.3, -0.25) is 0 Å². The van der Waals surface area contributed by atoms with Crippen molar-refractivity contribution in [1.29, 1.82) is 0 Å². The highest BCUT2D eigenvalue weighted by atomic mass is 79.9. The normalized spacial score (nSPS) is 16.4. The van der Waals surface area contributed by atoms with Crippen LogP contribution in [0, 0.1) is 45.4 Å². The number of aliphatic hydroxyl groups excluding tert-OH is 1. The second-order valence-electron chi connectivity index (χ2n) is 15.6. The van der Waals surface area contributed by atoms with Crippen LogP contribution in [0.3, 0.4) is 0 Å². The molecule has 12 heteroatoms. The Morgan fingerprint density at radius 3 is 1.32 bits per heavy atom. The summed E-state index contributed by atoms with van der Waals surface area (Å²) >= 11 is 7.10. The molecule has 5 rings (SSSR count). The van der Waals surface area contributed by atoms with Crippen LogP contribution in [0.4, 0.5) is 9.59 Å². The van der Waals surface area contributed by atoms with E-state index in [0.717, 1.165) is 35.7 Å². The van der Waals surface area contributed by atoms with Gasteiger partial charge in [-0.2, -0.15) is 0 Å². The van der Waals surface area contributed by atoms with Crippen LogP contribution in [0.25, 0.3) is 0 Å². The molecule has 3 aliphatic heterocycles. The highest BCUT2D eigenvalue weighted by Crippen LogP contribution is 2.28. The predicted molar refractivity (Wildman–Crippen MR) is 204 cm³/mol. The molecule has 0 aliphatic carbocycles. The van der Waals surface area contributed by atoms with Gasteiger partial charge in [0, 0.05) is 72.6 Å². The van der Waals surface area contributed by atoms with Crippen molar-refractivity contribution in [3.05, 3.63) is 55.5 Å². The van der Waals surface area contributed by atoms with Gasteiger partial charge in [-0.1, -0.05) is 31.9 Å². The Morgan fingerprint density at radius 2 is 1.02 bits per heavy atom. The Balaban J connectivity index is 0.000000212. The molecule has 3 fully saturated rings. The fourth-order valence-corrected chi connectivity index (χ4v) is 5.64. The number of benzene rings is 2. The van der Waals surface area contributed by atoms with E-state index in [9.17, 15) is 9.59 Å². The number of hydrogen-bond acceptors (Lipinski definition) is 8. The maximum Gasteiger partial charge on any atom is 0.410 e. The topological polar surface area (TPSA) is 110 Å². The largest absolute Gasteiger partial charge is 0.493 e. The summed E-state index contributed by atoms with van der Waals surface area (Å²) in [6, 6.07) is 8.23. The van der Waals surface area contributed by atoms with E-state index in [-0.39, 0.29) is 24.7 Å². The molecule has 3 heterocycles. The van der Waals surface area contributed by atoms with Crippen molar-refractivity contribution in [2.45, 2.75) is 80.4 Å². The molecule has 2 aromatic carbocycles. The first kappa shape index (κ1) is 41.9. The summed E-state index contributed by atoms with van der Waals surface area (Å²) in [5, 5.41) is 12.0. The predicted octanol–water partition coefficient (Wildman–Crippen LogP) is 7.82. The first-order chi connectivity index (χ1) is 23.2. The van der Waals surface area contributed by atoms with E-state index in [1.807, 2.05) is 53.7 Å². The van der Waals surface area contributed by atoms with E-state index in [4.69, 9.17) is 24.1 Å². The smallest absolute Gasteiger partial charge is 0.410 e. The molecule has 3 aliphatic rings. The van der Waals surface area contributed by atoms with Gasteiger partial charge >= 0.3 is 12.2 Å². The zero-order valence-electron chi connectivity index (χ0n) is 31.5. The number of rotatable bonds is 7. The minimum Gasteiger partial charge on any atom is -0.493 e. The first-order valence-electron chi connectivity index (χ1n) is 17.3. The Morgan fingerprint density at radius 1 is 0.680 bits per heavy atom. The summed E-state index contributed by atoms with van der Waals surface area (Å²) in [5.74, 6) is 3.17. The average Bonchev–Trinajstić information content (AvgIpc) is 2.91. The highest BCUT2D eigenvalue weighted by Gasteiger charge is 2.34. The lowest BCUT2D eigenvalue weighted by Crippen LogP contribution is -2.53. The van der Waals surface area contributed by atoms with Gasteiger partial charge in [-0.25, -0.2) is 9.59 Å². The SMILES string of the molecule is CC(C)(C)OC(=O)N1CC(CO)C1.Cc1cc(OCC2CN(C(=O)OC(C)(C)C)C2)cc(C)c1Br.Cc1cc(OCC2CNC2)cc(C)c1Br. The number of likely N-dealkylation sites (tertiary alicyclic amines) is 2. The molecule has 0 aromatic heterocycles. The number of carbonyl (C=O) groups is 2. The molecule has 0 bridgehead atoms. The van der Waals surface area contributed by atoms with Gasteiger partial charge in [0.25, 0.3) is 0 Å². The molecule has 3 saturated heterocycles. The van der Waals surface area contributed by atoms with Crippen molar-refractivity contribution >= 4 is 44.0 Å². The van der Waals surface area contributed by atoms with Crippen LogP contribution in [0.5, 0.6) is 11.5 Å². The lowest BCUT2D eigenvalue weighted by Gasteiger charge is -2.39. The van der Waals surface area contributed by atoms with E-state index in [1.54, 1.807) is 9.80 Å². The van der Waals surface area contributed by atoms with Crippen molar-refractivity contribution in [3.63, 3.8) is 0 Å². The molecule has 0 spiro atoms. The molecule has 0 radical (unpaired) electrons. The number of aliphatic hydroxyl groups is 1. The number of hydrogen-bond donors (Lipinski definition) is 2. The number of aryl methyl sites for hydroxylation is 4. The standard InChI is InChI=1S/C17H24BrNO3.C12H16BrNO.C9H17NO3/c1-11-6-14(7-12(2)15(11)18)21-10-13-8-19(9-13)16(20)22-17(3,4)5;1-8-3-11(4-9(2)12(8)13)15-7-10-5-14-6-10;1-9(2,3)13-8(12)10-4-7(5-10)6-11/h6-7,13H,8-10H2,1-5H3;3-4,10,14H,5-7H2,1-2H3;7,11H,4-6H2,1-3H3. The summed E-state index contributed by atoms with van der Waals surface area (Å²) in [6.45, 7) is 25.9. The molecule has 2 amide bonds. The quantitative estimate of drug-likeness (QED) is 0.291. The number of carbonyl (C=O) groups excluding carboxylic acids is 2. The number of nitrogens with zero attached hydrogens (tertiary/aromatic N) is 2. The van der Waals surface area contributed by atoms with Crippen LogP contribution in [-0.2, 0) is 9.47 Å². The molecule has 50 heavy (non-hydrogen) atoms. The molecule has 280 valence electrons. The second-order valence-corrected chi connectivity index (χ2v) is 17.2. The van der Waals surface area contributed by atoms with Crippen molar-refractivity contribution in [2.24, 2.45) is 17.8 Å². The van der Waals surface area contributed by atoms with Crippen molar-refractivity contribution in [1.82, 2.24) is 15.1 Å². The zero-order valence-corrected chi connectivity index (χ0v) is 34.6. The van der Waals surface area contributed by atoms with Crippen molar-refractivity contribution in [3.8, 4) is 11.5 Å². The van der Waals surface area contributed by atoms with Crippen LogP contribution in [0.1, 0.15) is 63.8 Å². The van der Waals surface area contributed by atoms with Gasteiger partial charge in [0.15, 0.2) is 0 Å². The molecule has 2 N–H and O–H groups in total. The van der Waals surface area contributed by atoms with E-state index < -0.39 is 11.2 Å². The molecule has 10 nitrogen and oxygen atoms in total. The number of ether oxygens (including phenoxy) is 4. The van der Waals surface area contributed by atoms with Crippen LogP contribution in [0.2, 0.25) is 0 Å². The average molecular weight is 828 g/mol. The maximum absolute atomic E-state index is 11.8. The molecule has 0 atom stereocenters. The number of halogens is 2. The van der Waals surface area contributed by atoms with E-state index in [0.29, 0.717) is 44.6 Å². The third-order valence-corrected chi connectivity index (χ3v) is 10.6. The van der Waals surface area contributed by atoms with Crippen LogP contribution in [0.15, 0.2) is 33.2 Å². The molecular formula is C38H57Br2N3O7. The van der Waals surface area contributed by atoms with Gasteiger partial charge in [0.2, 0.25) is 0 Å². The monoisotopic (exact) mass is 825 g/mol. The zero-order chi connectivity index (χ0) is 37.4. The van der Waals surface area contributed by atoms with E-state index in [1.165, 1.54) is 26.7 Å². The molecule has 0 saturated carbocycles. The highest BCUT2D eigenvalue weighted by molar-refractivity contribution is 9.10. The Kier molecular flexibility index (Phi) is 15.3. The summed E-state index contributed by atoms with van der Waals surface area (Å²) in [4.78, 5) is 26.5. The Bertz CT molecular complexity index is 1390. The third-order valence-electron chi connectivity index (χ3n) is 8.13. The van der Waals surface area contributed by atoms with Crippen LogP contribution < -0.4 is 14.8 Å². The Labute approximate surface area is 315 Å². The molecular weight excluding hydrogens is 770 g/mol. The van der Waals surface area contributed by atoms with Crippen LogP contribution in [-0.4, -0.2) is 97.4 Å². The number of nitrogens with one attached hydrogen (secondary N) is 1. The van der Waals surface area contributed by atoms with Gasteiger partial charge in [0.1, 0.15) is 22.7 Å². The lowest BCUT2D eigenvalue weighted by atomic mass is 10.0. The van der Waals surface area contributed by atoms with E-state index in [2.05, 4.69) is 77.0 Å². The van der Waals surface area contributed by atoms with Gasteiger partial charge < -0.3 is 39.2 Å². The molecule has 2 aromatic rings. The summed E-state index contributed by atoms with van der Waals surface area (Å²) in [5.41, 5.74) is 3.93.